The van der Waals surface area contributed by atoms with E-state index in [0.717, 1.165) is 0 Å². The van der Waals surface area contributed by atoms with Crippen molar-refractivity contribution < 1.29 is 14.6 Å². The normalized spacial score (nSPS) is 14.2. The van der Waals surface area contributed by atoms with Gasteiger partial charge in [-0.1, -0.05) is 36.2 Å². The lowest BCUT2D eigenvalue weighted by Gasteiger charge is -2.23. The molecule has 0 amide bonds. The van der Waals surface area contributed by atoms with Crippen LogP contribution in [-0.4, -0.2) is 43.2 Å². The van der Waals surface area contributed by atoms with Crippen LogP contribution in [0, 0.1) is 5.92 Å². The molecule has 6 heteroatoms. The number of likely N-dealkylation sites (N-methyl/N-ethyl adjacent to an activating group) is 1. The second kappa shape index (κ2) is 7.84. The molecule has 4 nitrogen and oxygen atoms in total. The van der Waals surface area contributed by atoms with Gasteiger partial charge in [-0.2, -0.15) is 0 Å². The minimum Gasteiger partial charge on any atom is -0.469 e. The van der Waals surface area contributed by atoms with Crippen molar-refractivity contribution in [2.75, 3.05) is 27.2 Å². The van der Waals surface area contributed by atoms with Crippen molar-refractivity contribution in [2.45, 2.75) is 13.0 Å². The summed E-state index contributed by atoms with van der Waals surface area (Å²) in [6.07, 6.45) is -0.741. The summed E-state index contributed by atoms with van der Waals surface area (Å²) in [5, 5.41) is 11.1. The number of nitrogens with zero attached hydrogens (tertiary/aromatic N) is 1. The fraction of sp³-hybridized carbons (Fsp3) is 0.500. The first-order valence-electron chi connectivity index (χ1n) is 6.24. The number of benzene rings is 1. The third-order valence-electron chi connectivity index (χ3n) is 3.00. The number of aliphatic hydroxyl groups excluding tert-OH is 1. The van der Waals surface area contributed by atoms with Crippen molar-refractivity contribution in [3.63, 3.8) is 0 Å². The average molecular weight is 320 g/mol. The Morgan fingerprint density at radius 1 is 1.40 bits per heavy atom. The Morgan fingerprint density at radius 3 is 2.60 bits per heavy atom. The van der Waals surface area contributed by atoms with Crippen molar-refractivity contribution in [3.8, 4) is 0 Å². The average Bonchev–Trinajstić information content (AvgIpc) is 2.37. The van der Waals surface area contributed by atoms with E-state index in [1.807, 2.05) is 11.9 Å². The molecular formula is C14H19Cl2NO3. The molecule has 1 aromatic carbocycles. The molecule has 0 spiro atoms. The van der Waals surface area contributed by atoms with Crippen molar-refractivity contribution in [1.82, 2.24) is 4.90 Å². The SMILES string of the molecule is COC(=O)C(C)CN(C)CC(O)c1ccc(Cl)cc1Cl. The van der Waals surface area contributed by atoms with Crippen LogP contribution in [0.15, 0.2) is 18.2 Å². The van der Waals surface area contributed by atoms with Gasteiger partial charge in [-0.25, -0.2) is 0 Å². The molecule has 0 bridgehead atoms. The zero-order valence-electron chi connectivity index (χ0n) is 11.8. The van der Waals surface area contributed by atoms with E-state index in [-0.39, 0.29) is 11.9 Å². The Kier molecular flexibility index (Phi) is 6.76. The van der Waals surface area contributed by atoms with Crippen LogP contribution in [0.4, 0.5) is 0 Å². The van der Waals surface area contributed by atoms with Gasteiger partial charge in [0.2, 0.25) is 0 Å². The number of ether oxygens (including phenoxy) is 1. The molecule has 0 saturated carbocycles. The quantitative estimate of drug-likeness (QED) is 0.819. The van der Waals surface area contributed by atoms with E-state index in [4.69, 9.17) is 23.2 Å². The molecule has 0 heterocycles. The fourth-order valence-corrected chi connectivity index (χ4v) is 2.52. The largest absolute Gasteiger partial charge is 0.469 e. The molecule has 2 unspecified atom stereocenters. The number of methoxy groups -OCH3 is 1. The highest BCUT2D eigenvalue weighted by atomic mass is 35.5. The maximum Gasteiger partial charge on any atom is 0.309 e. The first-order chi connectivity index (χ1) is 9.35. The minimum absolute atomic E-state index is 0.252. The van der Waals surface area contributed by atoms with Crippen LogP contribution in [0.5, 0.6) is 0 Å². The fourth-order valence-electron chi connectivity index (χ4n) is 1.98. The summed E-state index contributed by atoms with van der Waals surface area (Å²) in [7, 11) is 3.19. The minimum atomic E-state index is -0.741. The van der Waals surface area contributed by atoms with Gasteiger partial charge in [-0.15, -0.1) is 0 Å². The summed E-state index contributed by atoms with van der Waals surface area (Å²) in [5.74, 6) is -0.520. The van der Waals surface area contributed by atoms with Crippen LogP contribution in [0.2, 0.25) is 10.0 Å². The number of esters is 1. The van der Waals surface area contributed by atoms with E-state index in [9.17, 15) is 9.90 Å². The molecule has 0 aliphatic rings. The van der Waals surface area contributed by atoms with Crippen LogP contribution >= 0.6 is 23.2 Å². The first-order valence-corrected chi connectivity index (χ1v) is 7.00. The van der Waals surface area contributed by atoms with Gasteiger partial charge in [-0.3, -0.25) is 4.79 Å². The Labute approximate surface area is 129 Å². The highest BCUT2D eigenvalue weighted by Crippen LogP contribution is 2.26. The Balaban J connectivity index is 2.61. The lowest BCUT2D eigenvalue weighted by Crippen LogP contribution is -2.32. The Bertz CT molecular complexity index is 468. The highest BCUT2D eigenvalue weighted by molar-refractivity contribution is 6.35. The highest BCUT2D eigenvalue weighted by Gasteiger charge is 2.19. The van der Waals surface area contributed by atoms with E-state index in [1.165, 1.54) is 7.11 Å². The lowest BCUT2D eigenvalue weighted by atomic mass is 10.1. The summed E-state index contributed by atoms with van der Waals surface area (Å²) in [6, 6.07) is 4.98. The van der Waals surface area contributed by atoms with Crippen molar-refractivity contribution in [3.05, 3.63) is 33.8 Å². The molecule has 0 aliphatic carbocycles. The molecule has 1 aromatic rings. The van der Waals surface area contributed by atoms with E-state index in [2.05, 4.69) is 4.74 Å². The molecule has 1 N–H and O–H groups in total. The van der Waals surface area contributed by atoms with Gasteiger partial charge in [0, 0.05) is 28.7 Å². The number of carbonyl (C=O) groups excluding carboxylic acids is 1. The number of rotatable bonds is 6. The molecule has 0 fully saturated rings. The molecule has 2 atom stereocenters. The van der Waals surface area contributed by atoms with Crippen molar-refractivity contribution >= 4 is 29.2 Å². The van der Waals surface area contributed by atoms with Crippen LogP contribution in [0.1, 0.15) is 18.6 Å². The Hall–Kier alpha value is -0.810. The summed E-state index contributed by atoms with van der Waals surface area (Å²) in [4.78, 5) is 13.2. The third kappa shape index (κ3) is 4.94. The van der Waals surface area contributed by atoms with Gasteiger partial charge in [0.1, 0.15) is 0 Å². The van der Waals surface area contributed by atoms with Crippen LogP contribution < -0.4 is 0 Å². The predicted molar refractivity (Wildman–Crippen MR) is 80.1 cm³/mol. The van der Waals surface area contributed by atoms with Gasteiger partial charge in [0.25, 0.3) is 0 Å². The smallest absolute Gasteiger partial charge is 0.309 e. The van der Waals surface area contributed by atoms with Crippen LogP contribution in [-0.2, 0) is 9.53 Å². The van der Waals surface area contributed by atoms with Gasteiger partial charge in [0.05, 0.1) is 19.1 Å². The second-order valence-corrected chi connectivity index (χ2v) is 5.67. The Morgan fingerprint density at radius 2 is 2.05 bits per heavy atom. The zero-order valence-corrected chi connectivity index (χ0v) is 13.3. The number of aliphatic hydroxyl groups is 1. The van der Waals surface area contributed by atoms with Gasteiger partial charge in [-0.05, 0) is 19.2 Å². The summed E-state index contributed by atoms with van der Waals surface area (Å²) in [6.45, 7) is 2.64. The van der Waals surface area contributed by atoms with E-state index >= 15 is 0 Å². The molecule has 0 aliphatic heterocycles. The maximum atomic E-state index is 11.3. The molecule has 20 heavy (non-hydrogen) atoms. The predicted octanol–water partition coefficient (Wildman–Crippen LogP) is 2.77. The molecular weight excluding hydrogens is 301 g/mol. The number of hydrogen-bond acceptors (Lipinski definition) is 4. The summed E-state index contributed by atoms with van der Waals surface area (Å²) < 4.78 is 4.67. The lowest BCUT2D eigenvalue weighted by molar-refractivity contribution is -0.145. The monoisotopic (exact) mass is 319 g/mol. The number of carbonyl (C=O) groups is 1. The van der Waals surface area contributed by atoms with Gasteiger partial charge >= 0.3 is 5.97 Å². The van der Waals surface area contributed by atoms with E-state index in [0.29, 0.717) is 28.7 Å². The maximum absolute atomic E-state index is 11.3. The molecule has 0 aromatic heterocycles. The molecule has 0 saturated heterocycles. The number of hydrogen-bond donors (Lipinski definition) is 1. The molecule has 1 rings (SSSR count). The molecule has 112 valence electrons. The molecule has 0 radical (unpaired) electrons. The third-order valence-corrected chi connectivity index (χ3v) is 3.56. The van der Waals surface area contributed by atoms with Crippen molar-refractivity contribution in [2.24, 2.45) is 5.92 Å². The summed E-state index contributed by atoms with van der Waals surface area (Å²) in [5.41, 5.74) is 0.619. The standard InChI is InChI=1S/C14H19Cl2NO3/c1-9(14(19)20-3)7-17(2)8-13(18)11-5-4-10(15)6-12(11)16/h4-6,9,13,18H,7-8H2,1-3H3. The number of halogens is 2. The van der Waals surface area contributed by atoms with Crippen molar-refractivity contribution in [1.29, 1.82) is 0 Å². The van der Waals surface area contributed by atoms with Crippen LogP contribution in [0.3, 0.4) is 0 Å². The first kappa shape index (κ1) is 17.2. The second-order valence-electron chi connectivity index (χ2n) is 4.83. The van der Waals surface area contributed by atoms with E-state index < -0.39 is 6.10 Å². The van der Waals surface area contributed by atoms with E-state index in [1.54, 1.807) is 25.1 Å². The van der Waals surface area contributed by atoms with Crippen LogP contribution in [0.25, 0.3) is 0 Å². The summed E-state index contributed by atoms with van der Waals surface area (Å²) >= 11 is 11.9. The zero-order chi connectivity index (χ0) is 15.3. The van der Waals surface area contributed by atoms with Gasteiger partial charge < -0.3 is 14.7 Å². The van der Waals surface area contributed by atoms with Gasteiger partial charge in [0.15, 0.2) is 0 Å². The topological polar surface area (TPSA) is 49.8 Å².